The van der Waals surface area contributed by atoms with Gasteiger partial charge in [-0.1, -0.05) is 12.1 Å². The van der Waals surface area contributed by atoms with Crippen molar-refractivity contribution in [1.29, 1.82) is 0 Å². The molecule has 44 heavy (non-hydrogen) atoms. The van der Waals surface area contributed by atoms with Gasteiger partial charge in [-0.3, -0.25) is 9.59 Å². The Labute approximate surface area is 255 Å². The molecule has 2 unspecified atom stereocenters. The lowest BCUT2D eigenvalue weighted by Crippen LogP contribution is -2.43. The number of ether oxygens (including phenoxy) is 3. The Morgan fingerprint density at radius 2 is 1.59 bits per heavy atom. The van der Waals surface area contributed by atoms with Crippen LogP contribution in [0.1, 0.15) is 74.7 Å². The van der Waals surface area contributed by atoms with Gasteiger partial charge in [0.05, 0.1) is 29.3 Å². The molecule has 234 valence electrons. The molecule has 0 N–H and O–H groups in total. The Morgan fingerprint density at radius 1 is 0.955 bits per heavy atom. The van der Waals surface area contributed by atoms with Gasteiger partial charge in [0.2, 0.25) is 11.6 Å². The number of amides is 3. The Balaban J connectivity index is 1.31. The minimum Gasteiger partial charge on any atom is -0.490 e. The molecular formula is C32H39N4O8+. The summed E-state index contributed by atoms with van der Waals surface area (Å²) in [6.45, 7) is 11.5. The van der Waals surface area contributed by atoms with Crippen molar-refractivity contribution in [2.75, 3.05) is 19.7 Å². The van der Waals surface area contributed by atoms with Crippen LogP contribution >= 0.6 is 0 Å². The van der Waals surface area contributed by atoms with Gasteiger partial charge in [0.25, 0.3) is 11.8 Å². The average Bonchev–Trinajstić information content (AvgIpc) is 3.61. The molecule has 12 nitrogen and oxygen atoms in total. The van der Waals surface area contributed by atoms with Crippen LogP contribution in [0.2, 0.25) is 0 Å². The summed E-state index contributed by atoms with van der Waals surface area (Å²) in [5.74, 6) is -1.64. The van der Waals surface area contributed by atoms with Crippen LogP contribution in [-0.2, 0) is 26.2 Å². The summed E-state index contributed by atoms with van der Waals surface area (Å²) in [5.41, 5.74) is -0.0622. The number of imide groups is 1. The highest BCUT2D eigenvalue weighted by Gasteiger charge is 2.41. The van der Waals surface area contributed by atoms with Gasteiger partial charge in [-0.25, -0.2) is 14.4 Å². The number of fused-ring (bicyclic) bond motifs is 2. The van der Waals surface area contributed by atoms with Crippen LogP contribution in [0.25, 0.3) is 10.9 Å². The maximum absolute atomic E-state index is 13.1. The Bertz CT molecular complexity index is 1580. The molecule has 0 bridgehead atoms. The molecule has 3 amide bonds. The molecule has 5 rings (SSSR count). The third kappa shape index (κ3) is 6.54. The Kier molecular flexibility index (Phi) is 8.15. The van der Waals surface area contributed by atoms with Gasteiger partial charge in [0, 0.05) is 12.6 Å². The number of carbonyl (C=O) groups is 4. The van der Waals surface area contributed by atoms with Gasteiger partial charge in [-0.2, -0.15) is 4.68 Å². The van der Waals surface area contributed by atoms with Crippen molar-refractivity contribution in [3.05, 3.63) is 59.8 Å². The van der Waals surface area contributed by atoms with E-state index >= 15 is 0 Å². The second-order valence-corrected chi connectivity index (χ2v) is 13.0. The second kappa shape index (κ2) is 11.6. The van der Waals surface area contributed by atoms with Crippen molar-refractivity contribution < 1.29 is 42.9 Å². The van der Waals surface area contributed by atoms with Crippen molar-refractivity contribution in [2.24, 2.45) is 7.05 Å². The smallest absolute Gasteiger partial charge is 0.410 e. The molecule has 2 aromatic carbocycles. The number of hydrogen-bond acceptors (Lipinski definition) is 8. The van der Waals surface area contributed by atoms with Crippen molar-refractivity contribution in [2.45, 2.75) is 71.3 Å². The highest BCUT2D eigenvalue weighted by molar-refractivity contribution is 6.20. The SMILES string of the molecule is C[n+]1c2ccc(OCC(ON3C(=O)c4ccccc4C3=O)C(=O)OC(C)(C)C)cc2cn1C1CCN(C(=O)OC(C)(C)C)C1. The van der Waals surface area contributed by atoms with Crippen LogP contribution in [0.3, 0.4) is 0 Å². The van der Waals surface area contributed by atoms with E-state index in [4.69, 9.17) is 19.0 Å². The minimum absolute atomic E-state index is 0.0638. The van der Waals surface area contributed by atoms with E-state index in [1.54, 1.807) is 43.9 Å². The van der Waals surface area contributed by atoms with Crippen molar-refractivity contribution in [3.63, 3.8) is 0 Å². The number of benzene rings is 2. The maximum atomic E-state index is 13.1. The third-order valence-electron chi connectivity index (χ3n) is 7.22. The summed E-state index contributed by atoms with van der Waals surface area (Å²) in [5, 5.41) is 1.48. The topological polar surface area (TPSA) is 120 Å². The molecule has 2 aliphatic rings. The van der Waals surface area contributed by atoms with Crippen molar-refractivity contribution in [1.82, 2.24) is 14.6 Å². The third-order valence-corrected chi connectivity index (χ3v) is 7.22. The first kappa shape index (κ1) is 31.0. The largest absolute Gasteiger partial charge is 0.490 e. The van der Waals surface area contributed by atoms with Gasteiger partial charge in [-0.05, 0) is 72.2 Å². The number of aryl methyl sites for hydroxylation is 1. The molecule has 1 saturated heterocycles. The molecule has 0 radical (unpaired) electrons. The lowest BCUT2D eigenvalue weighted by atomic mass is 10.1. The molecule has 2 atom stereocenters. The Morgan fingerprint density at radius 3 is 2.20 bits per heavy atom. The van der Waals surface area contributed by atoms with Crippen LogP contribution in [0.15, 0.2) is 48.7 Å². The van der Waals surface area contributed by atoms with Crippen molar-refractivity contribution in [3.8, 4) is 5.75 Å². The normalized spacial score (nSPS) is 17.7. The van der Waals surface area contributed by atoms with Crippen LogP contribution in [0, 0.1) is 0 Å². The quantitative estimate of drug-likeness (QED) is 0.225. The fourth-order valence-electron chi connectivity index (χ4n) is 5.25. The van der Waals surface area contributed by atoms with E-state index in [0.717, 1.165) is 17.3 Å². The van der Waals surface area contributed by atoms with E-state index in [0.29, 0.717) is 23.9 Å². The molecule has 0 spiro atoms. The number of likely N-dealkylation sites (tertiary alicyclic amines) is 1. The monoisotopic (exact) mass is 607 g/mol. The van der Waals surface area contributed by atoms with E-state index in [9.17, 15) is 19.2 Å². The zero-order chi connectivity index (χ0) is 32.0. The number of rotatable bonds is 7. The fourth-order valence-corrected chi connectivity index (χ4v) is 5.25. The predicted octanol–water partition coefficient (Wildman–Crippen LogP) is 3.96. The van der Waals surface area contributed by atoms with Crippen LogP contribution in [-0.4, -0.2) is 75.5 Å². The van der Waals surface area contributed by atoms with E-state index in [-0.39, 0.29) is 29.9 Å². The van der Waals surface area contributed by atoms with Gasteiger partial charge in [-0.15, -0.1) is 9.75 Å². The minimum atomic E-state index is -1.40. The number of hydroxylamine groups is 2. The molecule has 1 fully saturated rings. The molecule has 1 aromatic heterocycles. The molecule has 0 saturated carbocycles. The first-order valence-electron chi connectivity index (χ1n) is 14.6. The summed E-state index contributed by atoms with van der Waals surface area (Å²) >= 11 is 0. The van der Waals surface area contributed by atoms with Crippen LogP contribution < -0.4 is 9.42 Å². The number of esters is 1. The van der Waals surface area contributed by atoms with Gasteiger partial charge in [0.15, 0.2) is 7.05 Å². The fraction of sp³-hybridized carbons (Fsp3) is 0.469. The Hall–Kier alpha value is -4.45. The maximum Gasteiger partial charge on any atom is 0.410 e. The number of nitrogens with zero attached hydrogens (tertiary/aromatic N) is 4. The summed E-state index contributed by atoms with van der Waals surface area (Å²) < 4.78 is 21.1. The number of aromatic nitrogens is 2. The molecular weight excluding hydrogens is 568 g/mol. The molecule has 0 aliphatic carbocycles. The number of hydrogen-bond donors (Lipinski definition) is 0. The summed E-state index contributed by atoms with van der Waals surface area (Å²) in [7, 11) is 1.95. The highest BCUT2D eigenvalue weighted by Crippen LogP contribution is 2.27. The zero-order valence-electron chi connectivity index (χ0n) is 26.2. The second-order valence-electron chi connectivity index (χ2n) is 13.0. The van der Waals surface area contributed by atoms with Gasteiger partial charge >= 0.3 is 12.1 Å². The first-order chi connectivity index (χ1) is 20.6. The summed E-state index contributed by atoms with van der Waals surface area (Å²) in [6, 6.07) is 11.9. The van der Waals surface area contributed by atoms with E-state index < -0.39 is 35.1 Å². The lowest BCUT2D eigenvalue weighted by Gasteiger charge is -2.25. The van der Waals surface area contributed by atoms with E-state index in [1.807, 2.05) is 50.8 Å². The van der Waals surface area contributed by atoms with Gasteiger partial charge < -0.3 is 19.1 Å². The van der Waals surface area contributed by atoms with E-state index in [2.05, 4.69) is 4.68 Å². The molecule has 3 heterocycles. The highest BCUT2D eigenvalue weighted by atomic mass is 16.7. The van der Waals surface area contributed by atoms with Crippen molar-refractivity contribution >= 4 is 34.8 Å². The summed E-state index contributed by atoms with van der Waals surface area (Å²) in [4.78, 5) is 58.8. The molecule has 2 aliphatic heterocycles. The zero-order valence-corrected chi connectivity index (χ0v) is 26.2. The molecule has 3 aromatic rings. The molecule has 12 heteroatoms. The van der Waals surface area contributed by atoms with Crippen LogP contribution in [0.5, 0.6) is 5.75 Å². The standard InChI is InChI=1S/C32H39N4O8/c1-31(2,3)42-29(39)26(44-36-27(37)23-10-8-9-11-24(23)28(36)38)19-41-22-12-13-25-20(16-22)17-35(33(25)7)21-14-15-34(18-21)30(40)43-32(4,5)6/h8-13,16-17,21,26H,14-15,18-19H2,1-7H3/q+1. The predicted molar refractivity (Wildman–Crippen MR) is 158 cm³/mol. The average molecular weight is 608 g/mol. The van der Waals surface area contributed by atoms with E-state index in [1.165, 1.54) is 12.1 Å². The number of carbonyl (C=O) groups excluding carboxylic acids is 4. The lowest BCUT2D eigenvalue weighted by molar-refractivity contribution is -0.733. The van der Waals surface area contributed by atoms with Gasteiger partial charge in [0.1, 0.15) is 29.6 Å². The first-order valence-corrected chi connectivity index (χ1v) is 14.6. The summed E-state index contributed by atoms with van der Waals surface area (Å²) in [6.07, 6.45) is 1.05. The van der Waals surface area contributed by atoms with Crippen LogP contribution in [0.4, 0.5) is 4.79 Å².